The first-order valence-corrected chi connectivity index (χ1v) is 10.2. The maximum Gasteiger partial charge on any atom is 0.375 e. The van der Waals surface area contributed by atoms with Crippen LogP contribution >= 0.6 is 11.8 Å². The van der Waals surface area contributed by atoms with Crippen molar-refractivity contribution in [3.63, 3.8) is 0 Å². The van der Waals surface area contributed by atoms with Crippen LogP contribution in [0.15, 0.2) is 51.8 Å². The molecule has 0 atom stereocenters. The Balaban J connectivity index is 1.46. The van der Waals surface area contributed by atoms with Crippen LogP contribution in [-0.2, 0) is 9.53 Å². The maximum absolute atomic E-state index is 12.3. The molecule has 0 spiro atoms. The number of carbonyl (C=O) groups is 2. The molecule has 0 bridgehead atoms. The summed E-state index contributed by atoms with van der Waals surface area (Å²) in [5.74, 6) is 0.480. The molecular weight excluding hydrogens is 390 g/mol. The SMILES string of the molecule is COc1ccc2oc(C(=O)OCC(=O)NCCSc3ccc(C)cc3)c(C)c2c1. The number of rotatable bonds is 8. The van der Waals surface area contributed by atoms with Gasteiger partial charge in [0.05, 0.1) is 7.11 Å². The molecule has 0 aliphatic carbocycles. The van der Waals surface area contributed by atoms with Crippen LogP contribution in [0.25, 0.3) is 11.0 Å². The minimum Gasteiger partial charge on any atom is -0.497 e. The number of hydrogen-bond acceptors (Lipinski definition) is 6. The van der Waals surface area contributed by atoms with Gasteiger partial charge in [-0.05, 0) is 44.2 Å². The predicted octanol–water partition coefficient (Wildman–Crippen LogP) is 4.12. The number of aryl methyl sites for hydroxylation is 2. The average molecular weight is 413 g/mol. The van der Waals surface area contributed by atoms with E-state index in [9.17, 15) is 9.59 Å². The van der Waals surface area contributed by atoms with Crippen molar-refractivity contribution in [1.82, 2.24) is 5.32 Å². The van der Waals surface area contributed by atoms with Crippen molar-refractivity contribution >= 4 is 34.6 Å². The standard InChI is InChI=1S/C22H23NO5S/c1-14-4-7-17(8-5-14)29-11-10-23-20(24)13-27-22(25)21-15(2)18-12-16(26-3)6-9-19(18)28-21/h4-9,12H,10-11,13H2,1-3H3,(H,23,24). The summed E-state index contributed by atoms with van der Waals surface area (Å²) in [6.07, 6.45) is 0. The van der Waals surface area contributed by atoms with E-state index in [1.165, 1.54) is 5.56 Å². The van der Waals surface area contributed by atoms with Crippen LogP contribution < -0.4 is 10.1 Å². The monoisotopic (exact) mass is 413 g/mol. The van der Waals surface area contributed by atoms with Gasteiger partial charge < -0.3 is 19.2 Å². The van der Waals surface area contributed by atoms with Crippen LogP contribution in [0, 0.1) is 13.8 Å². The van der Waals surface area contributed by atoms with Crippen molar-refractivity contribution < 1.29 is 23.5 Å². The molecule has 7 heteroatoms. The molecule has 6 nitrogen and oxygen atoms in total. The first-order chi connectivity index (χ1) is 14.0. The van der Waals surface area contributed by atoms with Crippen molar-refractivity contribution in [1.29, 1.82) is 0 Å². The number of furan rings is 1. The zero-order valence-corrected chi connectivity index (χ0v) is 17.4. The van der Waals surface area contributed by atoms with Gasteiger partial charge in [-0.1, -0.05) is 17.7 Å². The van der Waals surface area contributed by atoms with Crippen LogP contribution in [0.4, 0.5) is 0 Å². The smallest absolute Gasteiger partial charge is 0.375 e. The van der Waals surface area contributed by atoms with Gasteiger partial charge >= 0.3 is 5.97 Å². The van der Waals surface area contributed by atoms with Gasteiger partial charge in [0, 0.05) is 28.1 Å². The van der Waals surface area contributed by atoms with E-state index in [2.05, 4.69) is 29.6 Å². The van der Waals surface area contributed by atoms with Gasteiger partial charge in [-0.2, -0.15) is 0 Å². The van der Waals surface area contributed by atoms with E-state index >= 15 is 0 Å². The van der Waals surface area contributed by atoms with Gasteiger partial charge in [0.2, 0.25) is 5.76 Å². The van der Waals surface area contributed by atoms with Gasteiger partial charge in [0.1, 0.15) is 11.3 Å². The average Bonchev–Trinajstić information content (AvgIpc) is 3.06. The van der Waals surface area contributed by atoms with Crippen LogP contribution in [0.2, 0.25) is 0 Å². The second-order valence-corrected chi connectivity index (χ2v) is 7.67. The number of nitrogens with one attached hydrogen (secondary N) is 1. The van der Waals surface area contributed by atoms with Crippen molar-refractivity contribution in [3.8, 4) is 5.75 Å². The Kier molecular flexibility index (Phi) is 6.82. The summed E-state index contributed by atoms with van der Waals surface area (Å²) >= 11 is 1.65. The molecule has 3 rings (SSSR count). The summed E-state index contributed by atoms with van der Waals surface area (Å²) in [5.41, 5.74) is 2.43. The fourth-order valence-electron chi connectivity index (χ4n) is 2.76. The molecule has 0 aliphatic heterocycles. The lowest BCUT2D eigenvalue weighted by Gasteiger charge is -2.06. The summed E-state index contributed by atoms with van der Waals surface area (Å²) in [7, 11) is 1.57. The number of methoxy groups -OCH3 is 1. The molecule has 1 aromatic heterocycles. The summed E-state index contributed by atoms with van der Waals surface area (Å²) in [6.45, 7) is 3.94. The molecule has 152 valence electrons. The molecule has 0 saturated carbocycles. The minimum absolute atomic E-state index is 0.0935. The third-order valence-electron chi connectivity index (χ3n) is 4.38. The number of hydrogen-bond donors (Lipinski definition) is 1. The molecule has 0 unspecified atom stereocenters. The molecule has 1 N–H and O–H groups in total. The zero-order chi connectivity index (χ0) is 20.8. The van der Waals surface area contributed by atoms with E-state index in [4.69, 9.17) is 13.9 Å². The molecule has 0 saturated heterocycles. The van der Waals surface area contributed by atoms with Gasteiger partial charge in [-0.3, -0.25) is 4.79 Å². The van der Waals surface area contributed by atoms with Crippen LogP contribution in [0.5, 0.6) is 5.75 Å². The Morgan fingerprint density at radius 2 is 1.86 bits per heavy atom. The van der Waals surface area contributed by atoms with Crippen molar-refractivity contribution in [2.45, 2.75) is 18.7 Å². The lowest BCUT2D eigenvalue weighted by Crippen LogP contribution is -2.30. The van der Waals surface area contributed by atoms with Gasteiger partial charge in [0.25, 0.3) is 5.91 Å². The molecular formula is C22H23NO5S. The van der Waals surface area contributed by atoms with E-state index in [0.717, 1.165) is 16.0 Å². The van der Waals surface area contributed by atoms with Crippen LogP contribution in [0.1, 0.15) is 21.7 Å². The van der Waals surface area contributed by atoms with Gasteiger partial charge in [-0.15, -0.1) is 11.8 Å². The number of benzene rings is 2. The van der Waals surface area contributed by atoms with Gasteiger partial charge in [-0.25, -0.2) is 4.79 Å². The first-order valence-electron chi connectivity index (χ1n) is 9.18. The predicted molar refractivity (Wildman–Crippen MR) is 113 cm³/mol. The maximum atomic E-state index is 12.3. The minimum atomic E-state index is -0.665. The van der Waals surface area contributed by atoms with Gasteiger partial charge in [0.15, 0.2) is 6.61 Å². The summed E-state index contributed by atoms with van der Waals surface area (Å²) < 4.78 is 15.9. The number of thioether (sulfide) groups is 1. The second kappa shape index (κ2) is 9.52. The molecule has 0 fully saturated rings. The van der Waals surface area contributed by atoms with Crippen molar-refractivity contribution in [2.24, 2.45) is 0 Å². The number of amides is 1. The van der Waals surface area contributed by atoms with E-state index in [1.54, 1.807) is 44.0 Å². The number of carbonyl (C=O) groups excluding carboxylic acids is 2. The number of ether oxygens (including phenoxy) is 2. The third-order valence-corrected chi connectivity index (χ3v) is 5.39. The van der Waals surface area contributed by atoms with Crippen LogP contribution in [0.3, 0.4) is 0 Å². The largest absolute Gasteiger partial charge is 0.497 e. The zero-order valence-electron chi connectivity index (χ0n) is 16.6. The normalized spacial score (nSPS) is 10.7. The molecule has 0 aliphatic rings. The number of esters is 1. The Hall–Kier alpha value is -2.93. The van der Waals surface area contributed by atoms with E-state index in [1.807, 2.05) is 6.92 Å². The van der Waals surface area contributed by atoms with E-state index in [0.29, 0.717) is 23.4 Å². The Morgan fingerprint density at radius 1 is 1.10 bits per heavy atom. The molecule has 1 heterocycles. The highest BCUT2D eigenvalue weighted by atomic mass is 32.2. The Labute approximate surface area is 173 Å². The van der Waals surface area contributed by atoms with Crippen molar-refractivity contribution in [2.75, 3.05) is 26.0 Å². The molecule has 2 aromatic carbocycles. The molecule has 1 amide bonds. The molecule has 3 aromatic rings. The fraction of sp³-hybridized carbons (Fsp3) is 0.273. The molecule has 29 heavy (non-hydrogen) atoms. The Bertz CT molecular complexity index is 1010. The number of fused-ring (bicyclic) bond motifs is 1. The highest BCUT2D eigenvalue weighted by molar-refractivity contribution is 7.99. The third kappa shape index (κ3) is 5.32. The fourth-order valence-corrected chi connectivity index (χ4v) is 3.53. The van der Waals surface area contributed by atoms with E-state index < -0.39 is 5.97 Å². The molecule has 0 radical (unpaired) electrons. The van der Waals surface area contributed by atoms with E-state index in [-0.39, 0.29) is 18.3 Å². The summed E-state index contributed by atoms with van der Waals surface area (Å²) in [4.78, 5) is 25.4. The van der Waals surface area contributed by atoms with Crippen LogP contribution in [-0.4, -0.2) is 37.9 Å². The van der Waals surface area contributed by atoms with Crippen molar-refractivity contribution in [3.05, 3.63) is 59.4 Å². The highest BCUT2D eigenvalue weighted by Crippen LogP contribution is 2.29. The topological polar surface area (TPSA) is 77.8 Å². The quantitative estimate of drug-likeness (QED) is 0.340. The summed E-state index contributed by atoms with van der Waals surface area (Å²) in [5, 5.41) is 3.52. The summed E-state index contributed by atoms with van der Waals surface area (Å²) in [6, 6.07) is 13.5. The lowest BCUT2D eigenvalue weighted by molar-refractivity contribution is -0.124. The second-order valence-electron chi connectivity index (χ2n) is 6.51. The lowest BCUT2D eigenvalue weighted by atomic mass is 10.1. The first kappa shape index (κ1) is 20.8. The Morgan fingerprint density at radius 3 is 2.59 bits per heavy atom. The highest BCUT2D eigenvalue weighted by Gasteiger charge is 2.20.